The summed E-state index contributed by atoms with van der Waals surface area (Å²) >= 11 is 0. The third-order valence-corrected chi connectivity index (χ3v) is 16.6. The van der Waals surface area contributed by atoms with Crippen molar-refractivity contribution in [3.05, 3.63) is 0 Å². The van der Waals surface area contributed by atoms with Crippen LogP contribution in [0.2, 0.25) is 52.4 Å². The van der Waals surface area contributed by atoms with E-state index in [0.717, 1.165) is 0 Å². The predicted octanol–water partition coefficient (Wildman–Crippen LogP) is 2.87. The molecule has 96 valence electrons. The minimum absolute atomic E-state index is 1.64. The van der Waals surface area contributed by atoms with Crippen LogP contribution in [0.3, 0.4) is 0 Å². The number of hydrogen-bond donors (Lipinski definition) is 0. The van der Waals surface area contributed by atoms with Gasteiger partial charge in [0, 0.05) is 6.55 Å². The molecule has 4 nitrogen and oxygen atoms in total. The van der Waals surface area contributed by atoms with Crippen LogP contribution in [0.1, 0.15) is 0 Å². The second kappa shape index (κ2) is 4.12. The second-order valence-corrected chi connectivity index (χ2v) is 21.0. The monoisotopic (exact) mass is 296 g/mol. The molecule has 0 N–H and O–H groups in total. The van der Waals surface area contributed by atoms with Crippen molar-refractivity contribution < 1.29 is 16.5 Å². The third kappa shape index (κ3) is 4.53. The van der Waals surface area contributed by atoms with Crippen LogP contribution in [0.4, 0.5) is 0 Å². The predicted molar refractivity (Wildman–Crippen MR) is 74.3 cm³/mol. The van der Waals surface area contributed by atoms with Gasteiger partial charge < -0.3 is 16.5 Å². The fourth-order valence-corrected chi connectivity index (χ4v) is 21.2. The van der Waals surface area contributed by atoms with Crippen molar-refractivity contribution in [1.82, 2.24) is 0 Å². The maximum absolute atomic E-state index is 6.16. The van der Waals surface area contributed by atoms with Gasteiger partial charge in [0.15, 0.2) is 8.32 Å². The van der Waals surface area contributed by atoms with Crippen molar-refractivity contribution in [2.45, 2.75) is 52.4 Å². The van der Waals surface area contributed by atoms with Crippen LogP contribution in [0.25, 0.3) is 0 Å². The smallest absolute Gasteiger partial charge is 0.417 e. The molecule has 0 amide bonds. The largest absolute Gasteiger partial charge is 0.469 e. The van der Waals surface area contributed by atoms with Crippen molar-refractivity contribution in [1.29, 1.82) is 0 Å². The van der Waals surface area contributed by atoms with Crippen LogP contribution in [-0.2, 0) is 16.5 Å². The Morgan fingerprint density at radius 3 is 1.44 bits per heavy atom. The average Bonchev–Trinajstić information content (AvgIpc) is 1.66. The molecule has 0 aromatic carbocycles. The molecule has 0 spiro atoms. The molecule has 1 aliphatic heterocycles. The van der Waals surface area contributed by atoms with Gasteiger partial charge in [0.05, 0.1) is 0 Å². The molecule has 0 unspecified atom stereocenters. The van der Waals surface area contributed by atoms with Crippen LogP contribution in [-0.4, -0.2) is 34.2 Å². The topological polar surface area (TPSA) is 36.9 Å². The summed E-state index contributed by atoms with van der Waals surface area (Å²) in [6.07, 6.45) is 0. The van der Waals surface area contributed by atoms with Crippen molar-refractivity contribution in [2.24, 2.45) is 0 Å². The Kier molecular flexibility index (Phi) is 3.81. The van der Waals surface area contributed by atoms with Crippen LogP contribution >= 0.6 is 0 Å². The van der Waals surface area contributed by atoms with Crippen molar-refractivity contribution in [3.8, 4) is 0 Å². The summed E-state index contributed by atoms with van der Waals surface area (Å²) in [6.45, 7) is 16.8. The molecule has 1 rings (SSSR count). The lowest BCUT2D eigenvalue weighted by Gasteiger charge is -2.48. The average molecular weight is 297 g/mol. The normalized spacial score (nSPS) is 27.8. The molecule has 0 atom stereocenters. The first-order valence-electron chi connectivity index (χ1n) is 5.63. The van der Waals surface area contributed by atoms with Gasteiger partial charge in [-0.25, -0.2) is 0 Å². The lowest BCUT2D eigenvalue weighted by Crippen LogP contribution is -2.68. The van der Waals surface area contributed by atoms with E-state index in [4.69, 9.17) is 16.5 Å². The van der Waals surface area contributed by atoms with Gasteiger partial charge in [-0.2, -0.15) is 0 Å². The zero-order chi connectivity index (χ0) is 12.8. The molecule has 1 fully saturated rings. The van der Waals surface area contributed by atoms with Crippen molar-refractivity contribution in [3.63, 3.8) is 0 Å². The van der Waals surface area contributed by atoms with E-state index in [2.05, 4.69) is 45.8 Å². The van der Waals surface area contributed by atoms with Crippen LogP contribution in [0.15, 0.2) is 0 Å². The van der Waals surface area contributed by atoms with E-state index in [1.54, 1.807) is 0 Å². The molecule has 0 aliphatic carbocycles. The first kappa shape index (κ1) is 14.8. The minimum atomic E-state index is -2.48. The van der Waals surface area contributed by atoms with E-state index in [9.17, 15) is 0 Å². The maximum atomic E-state index is 6.16. The highest BCUT2D eigenvalue weighted by molar-refractivity contribution is 6.93. The summed E-state index contributed by atoms with van der Waals surface area (Å²) in [7, 11) is -8.25. The number of hydrogen-bond acceptors (Lipinski definition) is 4. The van der Waals surface area contributed by atoms with Crippen LogP contribution < -0.4 is 0 Å². The van der Waals surface area contributed by atoms with E-state index in [1.165, 1.54) is 0 Å². The molecule has 8 heteroatoms. The Morgan fingerprint density at radius 1 is 0.750 bits per heavy atom. The quantitative estimate of drug-likeness (QED) is 0.734. The van der Waals surface area contributed by atoms with Crippen LogP contribution in [0.5, 0.6) is 0 Å². The summed E-state index contributed by atoms with van der Waals surface area (Å²) in [5.41, 5.74) is 0. The maximum Gasteiger partial charge on any atom is 0.469 e. The lowest BCUT2D eigenvalue weighted by molar-refractivity contribution is 0.171. The van der Waals surface area contributed by atoms with Gasteiger partial charge in [-0.05, 0) is 45.8 Å². The molecule has 16 heavy (non-hydrogen) atoms. The molecular formula is C8H24O4Si4. The molecule has 1 saturated heterocycles. The van der Waals surface area contributed by atoms with Gasteiger partial charge in [0.1, 0.15) is 0 Å². The zero-order valence-electron chi connectivity index (χ0n) is 11.6. The Hall–Kier alpha value is 0.708. The van der Waals surface area contributed by atoms with Crippen LogP contribution in [0, 0.1) is 0 Å². The first-order valence-corrected chi connectivity index (χ1v) is 16.9. The van der Waals surface area contributed by atoms with Gasteiger partial charge in [-0.1, -0.05) is 0 Å². The second-order valence-electron chi connectivity index (χ2n) is 6.18. The first-order chi connectivity index (χ1) is 6.83. The Bertz CT molecular complexity index is 252. The van der Waals surface area contributed by atoms with Crippen molar-refractivity contribution in [2.75, 3.05) is 0 Å². The Balaban J connectivity index is 2.88. The van der Waals surface area contributed by atoms with E-state index in [-0.39, 0.29) is 0 Å². The molecule has 1 aliphatic rings. The highest BCUT2D eigenvalue weighted by atomic mass is 28.5. The molecule has 0 aromatic heterocycles. The van der Waals surface area contributed by atoms with Crippen molar-refractivity contribution >= 4 is 34.2 Å². The lowest BCUT2D eigenvalue weighted by atomic mass is 11.8. The SMILES string of the molecule is C[Si](C)(C)O[Si]1(C)O[Si](C)(C)O[Si](C)(C)O1. The van der Waals surface area contributed by atoms with E-state index < -0.39 is 34.2 Å². The highest BCUT2D eigenvalue weighted by Gasteiger charge is 2.55. The van der Waals surface area contributed by atoms with E-state index >= 15 is 0 Å². The summed E-state index contributed by atoms with van der Waals surface area (Å²) in [4.78, 5) is 0. The van der Waals surface area contributed by atoms with Gasteiger partial charge in [0.25, 0.3) is 0 Å². The Morgan fingerprint density at radius 2 is 1.12 bits per heavy atom. The fraction of sp³-hybridized carbons (Fsp3) is 1.00. The molecular weight excluding hydrogens is 272 g/mol. The van der Waals surface area contributed by atoms with E-state index in [1.807, 2.05) is 6.55 Å². The molecule has 1 heterocycles. The fourth-order valence-electron chi connectivity index (χ4n) is 2.15. The molecule has 0 saturated carbocycles. The number of rotatable bonds is 2. The van der Waals surface area contributed by atoms with Gasteiger partial charge in [0.2, 0.25) is 0 Å². The highest BCUT2D eigenvalue weighted by Crippen LogP contribution is 2.32. The standard InChI is InChI=1S/C8H24O4Si4/c1-13(2,3)9-16(8)11-14(4,5)10-15(6,7)12-16/h1-8H3. The molecule has 0 radical (unpaired) electrons. The zero-order valence-corrected chi connectivity index (χ0v) is 15.6. The summed E-state index contributed by atoms with van der Waals surface area (Å²) in [5.74, 6) is 0. The Labute approximate surface area is 103 Å². The van der Waals surface area contributed by atoms with Gasteiger partial charge >= 0.3 is 25.9 Å². The van der Waals surface area contributed by atoms with Gasteiger partial charge in [-0.3, -0.25) is 0 Å². The van der Waals surface area contributed by atoms with E-state index in [0.29, 0.717) is 0 Å². The summed E-state index contributed by atoms with van der Waals surface area (Å²) in [6, 6.07) is 0. The third-order valence-electron chi connectivity index (χ3n) is 1.85. The summed E-state index contributed by atoms with van der Waals surface area (Å²) < 4.78 is 24.2. The molecule has 0 bridgehead atoms. The summed E-state index contributed by atoms with van der Waals surface area (Å²) in [5, 5.41) is 0. The van der Waals surface area contributed by atoms with Gasteiger partial charge in [-0.15, -0.1) is 0 Å². The minimum Gasteiger partial charge on any atom is -0.417 e. The molecule has 0 aromatic rings.